The van der Waals surface area contributed by atoms with Crippen molar-refractivity contribution in [3.05, 3.63) is 34.5 Å². The van der Waals surface area contributed by atoms with Gasteiger partial charge in [-0.2, -0.15) is 5.10 Å². The predicted octanol–water partition coefficient (Wildman–Crippen LogP) is 3.57. The van der Waals surface area contributed by atoms with Crippen LogP contribution in [0.15, 0.2) is 10.6 Å². The molecule has 0 unspecified atom stereocenters. The van der Waals surface area contributed by atoms with Gasteiger partial charge in [0.15, 0.2) is 5.76 Å². The summed E-state index contributed by atoms with van der Waals surface area (Å²) in [6.45, 7) is 5.04. The summed E-state index contributed by atoms with van der Waals surface area (Å²) in [6, 6.07) is 2.20. The molecular weight excluding hydrogens is 288 g/mol. The van der Waals surface area contributed by atoms with Crippen molar-refractivity contribution in [3.63, 3.8) is 0 Å². The normalized spacial score (nSPS) is 19.9. The van der Waals surface area contributed by atoms with E-state index in [4.69, 9.17) is 4.52 Å². The SMILES string of the molecule is CCc1n[nH]c2c1CN(Cc1cc(C3CCCCC3)no1)CC2. The van der Waals surface area contributed by atoms with Crippen molar-refractivity contribution in [3.8, 4) is 0 Å². The molecule has 1 aliphatic carbocycles. The largest absolute Gasteiger partial charge is 0.360 e. The molecule has 5 heteroatoms. The summed E-state index contributed by atoms with van der Waals surface area (Å²) in [7, 11) is 0. The van der Waals surface area contributed by atoms with Crippen molar-refractivity contribution in [2.24, 2.45) is 0 Å². The molecule has 1 saturated carbocycles. The van der Waals surface area contributed by atoms with E-state index in [1.54, 1.807) is 0 Å². The first-order valence-corrected chi connectivity index (χ1v) is 9.06. The fourth-order valence-electron chi connectivity index (χ4n) is 4.05. The van der Waals surface area contributed by atoms with E-state index >= 15 is 0 Å². The van der Waals surface area contributed by atoms with Crippen molar-refractivity contribution in [2.75, 3.05) is 6.54 Å². The van der Waals surface area contributed by atoms with Crippen LogP contribution in [0, 0.1) is 0 Å². The Morgan fingerprint density at radius 3 is 3.00 bits per heavy atom. The van der Waals surface area contributed by atoms with Gasteiger partial charge >= 0.3 is 0 Å². The van der Waals surface area contributed by atoms with E-state index in [0.717, 1.165) is 38.2 Å². The van der Waals surface area contributed by atoms with Gasteiger partial charge in [0.2, 0.25) is 0 Å². The van der Waals surface area contributed by atoms with Gasteiger partial charge in [-0.15, -0.1) is 0 Å². The maximum atomic E-state index is 5.63. The number of H-pyrrole nitrogens is 1. The highest BCUT2D eigenvalue weighted by Gasteiger charge is 2.24. The Balaban J connectivity index is 1.42. The van der Waals surface area contributed by atoms with E-state index in [2.05, 4.69) is 33.2 Å². The topological polar surface area (TPSA) is 58.0 Å². The summed E-state index contributed by atoms with van der Waals surface area (Å²) >= 11 is 0. The summed E-state index contributed by atoms with van der Waals surface area (Å²) in [5.74, 6) is 1.63. The minimum Gasteiger partial charge on any atom is -0.360 e. The van der Waals surface area contributed by atoms with Gasteiger partial charge in [-0.1, -0.05) is 31.3 Å². The van der Waals surface area contributed by atoms with Crippen LogP contribution in [-0.4, -0.2) is 26.8 Å². The number of nitrogens with zero attached hydrogens (tertiary/aromatic N) is 3. The summed E-state index contributed by atoms with van der Waals surface area (Å²) in [5.41, 5.74) is 5.10. The third kappa shape index (κ3) is 3.07. The molecule has 1 N–H and O–H groups in total. The van der Waals surface area contributed by atoms with Crippen LogP contribution in [0.1, 0.15) is 73.4 Å². The van der Waals surface area contributed by atoms with Crippen LogP contribution in [0.25, 0.3) is 0 Å². The molecule has 0 radical (unpaired) electrons. The Kier molecular flexibility index (Phi) is 4.21. The molecule has 3 heterocycles. The molecule has 2 aromatic heterocycles. The van der Waals surface area contributed by atoms with Gasteiger partial charge in [0, 0.05) is 42.8 Å². The second-order valence-corrected chi connectivity index (χ2v) is 6.99. The lowest BCUT2D eigenvalue weighted by Crippen LogP contribution is -2.30. The zero-order chi connectivity index (χ0) is 15.6. The molecule has 0 atom stereocenters. The molecule has 1 aliphatic heterocycles. The number of hydrogen-bond acceptors (Lipinski definition) is 4. The van der Waals surface area contributed by atoms with Crippen LogP contribution in [0.3, 0.4) is 0 Å². The molecule has 5 nitrogen and oxygen atoms in total. The van der Waals surface area contributed by atoms with Gasteiger partial charge in [-0.3, -0.25) is 10.00 Å². The molecule has 0 spiro atoms. The number of aromatic amines is 1. The molecule has 2 aromatic rings. The zero-order valence-corrected chi connectivity index (χ0v) is 14.0. The first-order valence-electron chi connectivity index (χ1n) is 9.06. The van der Waals surface area contributed by atoms with Crippen molar-refractivity contribution in [1.29, 1.82) is 0 Å². The third-order valence-corrected chi connectivity index (χ3v) is 5.41. The monoisotopic (exact) mass is 314 g/mol. The maximum absolute atomic E-state index is 5.63. The van der Waals surface area contributed by atoms with E-state index in [1.165, 1.54) is 54.7 Å². The second kappa shape index (κ2) is 6.48. The summed E-state index contributed by atoms with van der Waals surface area (Å²) in [4.78, 5) is 2.45. The average Bonchev–Trinajstić information content (AvgIpc) is 3.22. The molecule has 0 amide bonds. The average molecular weight is 314 g/mol. The lowest BCUT2D eigenvalue weighted by Gasteiger charge is -2.25. The highest BCUT2D eigenvalue weighted by Crippen LogP contribution is 2.32. The first kappa shape index (κ1) is 14.9. The Morgan fingerprint density at radius 1 is 1.30 bits per heavy atom. The minimum absolute atomic E-state index is 0.620. The Labute approximate surface area is 137 Å². The number of hydrogen-bond donors (Lipinski definition) is 1. The predicted molar refractivity (Wildman–Crippen MR) is 88.1 cm³/mol. The van der Waals surface area contributed by atoms with Gasteiger partial charge in [0.05, 0.1) is 17.9 Å². The number of aromatic nitrogens is 3. The van der Waals surface area contributed by atoms with Crippen molar-refractivity contribution in [2.45, 2.75) is 70.9 Å². The third-order valence-electron chi connectivity index (χ3n) is 5.41. The number of fused-ring (bicyclic) bond motifs is 1. The van der Waals surface area contributed by atoms with Crippen LogP contribution in [0.5, 0.6) is 0 Å². The van der Waals surface area contributed by atoms with Crippen LogP contribution in [0.2, 0.25) is 0 Å². The van der Waals surface area contributed by atoms with E-state index in [1.807, 2.05) is 0 Å². The summed E-state index contributed by atoms with van der Waals surface area (Å²) in [5, 5.41) is 12.0. The van der Waals surface area contributed by atoms with Crippen LogP contribution < -0.4 is 0 Å². The smallest absolute Gasteiger partial charge is 0.150 e. The van der Waals surface area contributed by atoms with Crippen LogP contribution in [-0.2, 0) is 25.9 Å². The molecule has 23 heavy (non-hydrogen) atoms. The maximum Gasteiger partial charge on any atom is 0.150 e. The zero-order valence-electron chi connectivity index (χ0n) is 14.0. The quantitative estimate of drug-likeness (QED) is 0.937. The molecule has 0 aromatic carbocycles. The Morgan fingerprint density at radius 2 is 2.17 bits per heavy atom. The lowest BCUT2D eigenvalue weighted by atomic mass is 9.87. The molecule has 124 valence electrons. The first-order chi connectivity index (χ1) is 11.3. The van der Waals surface area contributed by atoms with Gasteiger partial charge in [0.25, 0.3) is 0 Å². The summed E-state index contributed by atoms with van der Waals surface area (Å²) < 4.78 is 5.63. The van der Waals surface area contributed by atoms with E-state index in [9.17, 15) is 0 Å². The number of nitrogens with one attached hydrogen (secondary N) is 1. The summed E-state index contributed by atoms with van der Waals surface area (Å²) in [6.07, 6.45) is 8.63. The minimum atomic E-state index is 0.620. The number of aryl methyl sites for hydroxylation is 1. The highest BCUT2D eigenvalue weighted by atomic mass is 16.5. The van der Waals surface area contributed by atoms with E-state index in [-0.39, 0.29) is 0 Å². The molecule has 1 fully saturated rings. The molecular formula is C18H26N4O. The molecule has 0 bridgehead atoms. The van der Waals surface area contributed by atoms with E-state index < -0.39 is 0 Å². The van der Waals surface area contributed by atoms with Crippen molar-refractivity contribution in [1.82, 2.24) is 20.3 Å². The van der Waals surface area contributed by atoms with Crippen LogP contribution in [0.4, 0.5) is 0 Å². The molecule has 4 rings (SSSR count). The fraction of sp³-hybridized carbons (Fsp3) is 0.667. The number of rotatable bonds is 4. The Bertz CT molecular complexity index is 640. The van der Waals surface area contributed by atoms with Crippen LogP contribution >= 0.6 is 0 Å². The van der Waals surface area contributed by atoms with Crippen molar-refractivity contribution >= 4 is 0 Å². The lowest BCUT2D eigenvalue weighted by molar-refractivity contribution is 0.213. The molecule has 2 aliphatic rings. The standard InChI is InChI=1S/C18H26N4O/c1-2-16-15-12-22(9-8-17(15)20-19-16)11-14-10-18(21-23-14)13-6-4-3-5-7-13/h10,13H,2-9,11-12H2,1H3,(H,19,20). The molecule has 0 saturated heterocycles. The Hall–Kier alpha value is -1.62. The van der Waals surface area contributed by atoms with Gasteiger partial charge < -0.3 is 4.52 Å². The second-order valence-electron chi connectivity index (χ2n) is 6.99. The highest BCUT2D eigenvalue weighted by molar-refractivity contribution is 5.27. The fourth-order valence-corrected chi connectivity index (χ4v) is 4.05. The van der Waals surface area contributed by atoms with Gasteiger partial charge in [-0.05, 0) is 19.3 Å². The van der Waals surface area contributed by atoms with Gasteiger partial charge in [-0.25, -0.2) is 0 Å². The van der Waals surface area contributed by atoms with Crippen molar-refractivity contribution < 1.29 is 4.52 Å². The van der Waals surface area contributed by atoms with Gasteiger partial charge in [0.1, 0.15) is 0 Å². The van der Waals surface area contributed by atoms with E-state index in [0.29, 0.717) is 5.92 Å².